The average Bonchev–Trinajstić information content (AvgIpc) is 3.20. The molecular formula is C26H29NO7S. The van der Waals surface area contributed by atoms with E-state index in [1.54, 1.807) is 54.6 Å². The fourth-order valence-electron chi connectivity index (χ4n) is 3.47. The molecule has 1 unspecified atom stereocenters. The summed E-state index contributed by atoms with van der Waals surface area (Å²) in [4.78, 5) is 26.5. The van der Waals surface area contributed by atoms with Crippen LogP contribution in [0.5, 0.6) is 11.5 Å². The lowest BCUT2D eigenvalue weighted by Crippen LogP contribution is -2.43. The van der Waals surface area contributed by atoms with Gasteiger partial charge in [-0.25, -0.2) is 13.2 Å². The Bertz CT molecular complexity index is 1190. The van der Waals surface area contributed by atoms with Gasteiger partial charge in [-0.15, -0.1) is 0 Å². The number of benzene rings is 2. The van der Waals surface area contributed by atoms with Gasteiger partial charge in [-0.2, -0.15) is 0 Å². The Morgan fingerprint density at radius 1 is 1.06 bits per heavy atom. The van der Waals surface area contributed by atoms with Crippen molar-refractivity contribution in [2.45, 2.75) is 26.3 Å². The van der Waals surface area contributed by atoms with Gasteiger partial charge in [0.1, 0.15) is 0 Å². The number of ether oxygens (including phenoxy) is 3. The van der Waals surface area contributed by atoms with Gasteiger partial charge in [0.2, 0.25) is 0 Å². The highest BCUT2D eigenvalue weighted by atomic mass is 32.2. The zero-order valence-corrected chi connectivity index (χ0v) is 20.6. The van der Waals surface area contributed by atoms with E-state index in [4.69, 9.17) is 14.2 Å². The summed E-state index contributed by atoms with van der Waals surface area (Å²) in [6.07, 6.45) is 5.11. The van der Waals surface area contributed by atoms with Crippen molar-refractivity contribution in [3.63, 3.8) is 0 Å². The number of esters is 1. The van der Waals surface area contributed by atoms with Crippen molar-refractivity contribution >= 4 is 33.5 Å². The molecule has 186 valence electrons. The molecule has 0 bridgehead atoms. The lowest BCUT2D eigenvalue weighted by Gasteiger charge is -2.27. The predicted octanol–water partition coefficient (Wildman–Crippen LogP) is 3.77. The van der Waals surface area contributed by atoms with Crippen LogP contribution in [0.4, 0.5) is 5.69 Å². The molecule has 1 aliphatic heterocycles. The van der Waals surface area contributed by atoms with Crippen molar-refractivity contribution in [1.29, 1.82) is 0 Å². The van der Waals surface area contributed by atoms with Gasteiger partial charge in [-0.3, -0.25) is 4.79 Å². The second-order valence-corrected chi connectivity index (χ2v) is 9.68. The van der Waals surface area contributed by atoms with Crippen LogP contribution in [0.3, 0.4) is 0 Å². The highest BCUT2D eigenvalue weighted by Crippen LogP contribution is 2.29. The number of carbonyl (C=O) groups excluding carboxylic acids is 2. The van der Waals surface area contributed by atoms with Gasteiger partial charge in [-0.1, -0.05) is 31.2 Å². The van der Waals surface area contributed by atoms with Gasteiger partial charge in [0.25, 0.3) is 5.91 Å². The fourth-order valence-corrected chi connectivity index (χ4v) is 4.74. The summed E-state index contributed by atoms with van der Waals surface area (Å²) in [6.45, 7) is 4.39. The number of amides is 1. The summed E-state index contributed by atoms with van der Waals surface area (Å²) in [5, 5.41) is 1.10. The molecule has 1 atom stereocenters. The first-order valence-electron chi connectivity index (χ1n) is 11.4. The fraction of sp³-hybridized carbons (Fsp3) is 0.308. The Hall–Kier alpha value is -3.59. The van der Waals surface area contributed by atoms with Crippen molar-refractivity contribution < 1.29 is 32.2 Å². The Balaban J connectivity index is 1.65. The minimum atomic E-state index is -3.38. The summed E-state index contributed by atoms with van der Waals surface area (Å²) in [5.74, 6) is -0.250. The quantitative estimate of drug-likeness (QED) is 0.343. The Labute approximate surface area is 205 Å². The first-order valence-corrected chi connectivity index (χ1v) is 13.1. The number of para-hydroxylation sites is 1. The van der Waals surface area contributed by atoms with Gasteiger partial charge in [0.15, 0.2) is 27.9 Å². The van der Waals surface area contributed by atoms with E-state index in [9.17, 15) is 18.0 Å². The average molecular weight is 500 g/mol. The van der Waals surface area contributed by atoms with Crippen LogP contribution in [-0.4, -0.2) is 51.9 Å². The van der Waals surface area contributed by atoms with Gasteiger partial charge < -0.3 is 19.1 Å². The Kier molecular flexibility index (Phi) is 9.08. The van der Waals surface area contributed by atoms with Gasteiger partial charge in [0.05, 0.1) is 25.0 Å². The van der Waals surface area contributed by atoms with E-state index in [0.29, 0.717) is 36.0 Å². The van der Waals surface area contributed by atoms with Crippen molar-refractivity contribution in [3.8, 4) is 11.5 Å². The van der Waals surface area contributed by atoms with E-state index in [2.05, 4.69) is 0 Å². The maximum absolute atomic E-state index is 12.9. The number of anilines is 1. The molecule has 1 aliphatic rings. The van der Waals surface area contributed by atoms with E-state index in [-0.39, 0.29) is 5.75 Å². The lowest BCUT2D eigenvalue weighted by atomic mass is 10.2. The first-order chi connectivity index (χ1) is 16.8. The number of sulfone groups is 1. The third-order valence-electron chi connectivity index (χ3n) is 5.02. The van der Waals surface area contributed by atoms with E-state index in [1.807, 2.05) is 13.8 Å². The topological polar surface area (TPSA) is 99.2 Å². The van der Waals surface area contributed by atoms with Gasteiger partial charge >= 0.3 is 5.97 Å². The second kappa shape index (κ2) is 12.2. The monoisotopic (exact) mass is 499 g/mol. The standard InChI is InChI=1S/C26H29NO7S/c1-3-15-33-23-12-10-20(17-24(23)32-4-2)11-13-26(29)34-18-25(28)27(21-8-6-5-7-9-21)22-14-16-35(30,31)19-22/h5-14,16-17,22H,3-4,15,18-19H2,1-2H3. The van der Waals surface area contributed by atoms with Crippen LogP contribution in [0.25, 0.3) is 6.08 Å². The maximum Gasteiger partial charge on any atom is 0.331 e. The number of carbonyl (C=O) groups is 2. The number of hydrogen-bond acceptors (Lipinski definition) is 7. The lowest BCUT2D eigenvalue weighted by molar-refractivity contribution is -0.143. The summed E-state index contributed by atoms with van der Waals surface area (Å²) >= 11 is 0. The summed E-state index contributed by atoms with van der Waals surface area (Å²) in [7, 11) is -3.38. The Morgan fingerprint density at radius 3 is 2.49 bits per heavy atom. The maximum atomic E-state index is 12.9. The molecule has 35 heavy (non-hydrogen) atoms. The predicted molar refractivity (Wildman–Crippen MR) is 134 cm³/mol. The molecule has 0 N–H and O–H groups in total. The molecule has 0 aliphatic carbocycles. The minimum absolute atomic E-state index is 0.221. The second-order valence-electron chi connectivity index (χ2n) is 7.75. The Morgan fingerprint density at radius 2 is 1.83 bits per heavy atom. The highest BCUT2D eigenvalue weighted by molar-refractivity contribution is 7.94. The number of hydrogen-bond donors (Lipinski definition) is 0. The van der Waals surface area contributed by atoms with Crippen molar-refractivity contribution in [1.82, 2.24) is 0 Å². The first kappa shape index (κ1) is 26.0. The molecule has 1 amide bonds. The van der Waals surface area contributed by atoms with E-state index >= 15 is 0 Å². The molecule has 1 heterocycles. The summed E-state index contributed by atoms with van der Waals surface area (Å²) in [6, 6.07) is 13.3. The smallest absolute Gasteiger partial charge is 0.331 e. The van der Waals surface area contributed by atoms with E-state index in [1.165, 1.54) is 17.1 Å². The molecule has 2 aromatic rings. The molecule has 0 saturated heterocycles. The van der Waals surface area contributed by atoms with Crippen LogP contribution in [-0.2, 0) is 24.2 Å². The van der Waals surface area contributed by atoms with Crippen LogP contribution in [0.15, 0.2) is 66.1 Å². The zero-order valence-electron chi connectivity index (χ0n) is 19.8. The van der Waals surface area contributed by atoms with Crippen molar-refractivity contribution in [2.24, 2.45) is 0 Å². The SMILES string of the molecule is CCCOc1ccc(C=CC(=O)OCC(=O)N(c2ccccc2)C2C=CS(=O)(=O)C2)cc1OCC. The molecule has 8 nitrogen and oxygen atoms in total. The zero-order chi connectivity index (χ0) is 25.3. The molecule has 0 saturated carbocycles. The van der Waals surface area contributed by atoms with Crippen molar-refractivity contribution in [2.75, 3.05) is 30.5 Å². The van der Waals surface area contributed by atoms with Crippen LogP contribution >= 0.6 is 0 Å². The third kappa shape index (κ3) is 7.45. The van der Waals surface area contributed by atoms with Crippen LogP contribution in [0, 0.1) is 0 Å². The molecule has 0 aromatic heterocycles. The summed E-state index contributed by atoms with van der Waals surface area (Å²) < 4.78 is 40.2. The summed E-state index contributed by atoms with van der Waals surface area (Å²) in [5.41, 5.74) is 1.22. The largest absolute Gasteiger partial charge is 0.490 e. The van der Waals surface area contributed by atoms with Crippen molar-refractivity contribution in [3.05, 3.63) is 71.7 Å². The molecule has 0 radical (unpaired) electrons. The molecule has 9 heteroatoms. The van der Waals surface area contributed by atoms with Crippen LogP contribution < -0.4 is 14.4 Å². The highest BCUT2D eigenvalue weighted by Gasteiger charge is 2.31. The molecular weight excluding hydrogens is 470 g/mol. The number of rotatable bonds is 11. The molecule has 2 aromatic carbocycles. The van der Waals surface area contributed by atoms with E-state index in [0.717, 1.165) is 11.8 Å². The number of nitrogens with zero attached hydrogens (tertiary/aromatic N) is 1. The van der Waals surface area contributed by atoms with Crippen LogP contribution in [0.1, 0.15) is 25.8 Å². The molecule has 0 spiro atoms. The third-order valence-corrected chi connectivity index (χ3v) is 6.40. The van der Waals surface area contributed by atoms with Gasteiger partial charge in [-0.05, 0) is 55.3 Å². The molecule has 0 fully saturated rings. The van der Waals surface area contributed by atoms with Crippen LogP contribution in [0.2, 0.25) is 0 Å². The van der Waals surface area contributed by atoms with Gasteiger partial charge in [0, 0.05) is 17.2 Å². The van der Waals surface area contributed by atoms with E-state index < -0.39 is 34.4 Å². The normalized spacial score (nSPS) is 16.2. The molecule has 3 rings (SSSR count). The minimum Gasteiger partial charge on any atom is -0.490 e.